The Morgan fingerprint density at radius 2 is 1.62 bits per heavy atom. The maximum atomic E-state index is 13.0. The van der Waals surface area contributed by atoms with E-state index in [9.17, 15) is 4.79 Å². The summed E-state index contributed by atoms with van der Waals surface area (Å²) in [6, 6.07) is 9.73. The Hall–Kier alpha value is -2.27. The highest BCUT2D eigenvalue weighted by molar-refractivity contribution is 5.55. The first-order valence-corrected chi connectivity index (χ1v) is 8.32. The van der Waals surface area contributed by atoms with Gasteiger partial charge in [0.2, 0.25) is 0 Å². The summed E-state index contributed by atoms with van der Waals surface area (Å²) in [5.41, 5.74) is 3.74. The maximum Gasteiger partial charge on any atom is 0.260 e. The van der Waals surface area contributed by atoms with Gasteiger partial charge >= 0.3 is 0 Å². The Morgan fingerprint density at radius 3 is 2.21 bits per heavy atom. The van der Waals surface area contributed by atoms with Gasteiger partial charge in [0.15, 0.2) is 0 Å². The van der Waals surface area contributed by atoms with Crippen molar-refractivity contribution in [2.45, 2.75) is 13.8 Å². The molecule has 0 bridgehead atoms. The minimum atomic E-state index is 0.0501. The fourth-order valence-electron chi connectivity index (χ4n) is 3.24. The normalized spacial score (nSPS) is 15.6. The summed E-state index contributed by atoms with van der Waals surface area (Å²) >= 11 is 0. The van der Waals surface area contributed by atoms with Gasteiger partial charge < -0.3 is 14.5 Å². The van der Waals surface area contributed by atoms with Crippen molar-refractivity contribution in [3.05, 3.63) is 51.9 Å². The number of nitrogens with zero attached hydrogens (tertiary/aromatic N) is 3. The van der Waals surface area contributed by atoms with E-state index in [0.717, 1.165) is 54.6 Å². The number of piperazine rings is 1. The Labute approximate surface area is 143 Å². The fraction of sp³-hybridized carbons (Fsp3) is 0.421. The second-order valence-electron chi connectivity index (χ2n) is 6.42. The van der Waals surface area contributed by atoms with Gasteiger partial charge in [0.1, 0.15) is 5.75 Å². The van der Waals surface area contributed by atoms with Crippen LogP contribution in [-0.4, -0.2) is 49.8 Å². The molecule has 3 rings (SSSR count). The first-order chi connectivity index (χ1) is 11.5. The Balaban J connectivity index is 2.00. The number of hydrogen-bond donors (Lipinski definition) is 0. The average molecular weight is 327 g/mol. The van der Waals surface area contributed by atoms with Crippen LogP contribution in [0.2, 0.25) is 0 Å². The quantitative estimate of drug-likeness (QED) is 0.866. The van der Waals surface area contributed by atoms with Crippen LogP contribution in [0.15, 0.2) is 35.1 Å². The molecule has 0 unspecified atom stereocenters. The highest BCUT2D eigenvalue weighted by Crippen LogP contribution is 2.22. The van der Waals surface area contributed by atoms with Crippen molar-refractivity contribution in [1.29, 1.82) is 0 Å². The molecular formula is C19H25N3O2. The number of aromatic nitrogens is 1. The molecule has 5 heteroatoms. The minimum Gasteiger partial charge on any atom is -0.497 e. The second kappa shape index (κ2) is 6.69. The molecule has 0 N–H and O–H groups in total. The lowest BCUT2D eigenvalue weighted by Crippen LogP contribution is -2.45. The Morgan fingerprint density at radius 1 is 1.00 bits per heavy atom. The van der Waals surface area contributed by atoms with Crippen molar-refractivity contribution in [1.82, 2.24) is 9.47 Å². The minimum absolute atomic E-state index is 0.0501. The highest BCUT2D eigenvalue weighted by atomic mass is 16.5. The molecule has 0 spiro atoms. The third-order valence-corrected chi connectivity index (χ3v) is 4.78. The van der Waals surface area contributed by atoms with E-state index >= 15 is 0 Å². The van der Waals surface area contributed by atoms with Gasteiger partial charge in [-0.25, -0.2) is 0 Å². The fourth-order valence-corrected chi connectivity index (χ4v) is 3.24. The first kappa shape index (κ1) is 16.6. The van der Waals surface area contributed by atoms with E-state index in [1.807, 2.05) is 38.1 Å². The second-order valence-corrected chi connectivity index (χ2v) is 6.42. The summed E-state index contributed by atoms with van der Waals surface area (Å²) < 4.78 is 6.97. The predicted molar refractivity (Wildman–Crippen MR) is 97.8 cm³/mol. The topological polar surface area (TPSA) is 37.7 Å². The summed E-state index contributed by atoms with van der Waals surface area (Å²) in [6.45, 7) is 7.89. The molecule has 0 amide bonds. The molecule has 0 radical (unpaired) electrons. The standard InChI is InChI=1S/C19H25N3O2/c1-14-13-18(21-11-9-20(3)10-12-21)15(2)19(23)22(14)16-5-7-17(24-4)8-6-16/h5-8,13H,9-12H2,1-4H3. The lowest BCUT2D eigenvalue weighted by atomic mass is 10.1. The maximum absolute atomic E-state index is 13.0. The van der Waals surface area contributed by atoms with Crippen molar-refractivity contribution in [3.63, 3.8) is 0 Å². The third kappa shape index (κ3) is 3.04. The van der Waals surface area contributed by atoms with Gasteiger partial charge in [-0.2, -0.15) is 0 Å². The van der Waals surface area contributed by atoms with Crippen molar-refractivity contribution in [3.8, 4) is 11.4 Å². The molecule has 128 valence electrons. The van der Waals surface area contributed by atoms with Crippen LogP contribution in [0.3, 0.4) is 0 Å². The van der Waals surface area contributed by atoms with Gasteiger partial charge in [0.25, 0.3) is 5.56 Å². The molecule has 2 heterocycles. The van der Waals surface area contributed by atoms with Crippen molar-refractivity contribution < 1.29 is 4.74 Å². The van der Waals surface area contributed by atoms with Crippen LogP contribution in [0.25, 0.3) is 5.69 Å². The number of pyridine rings is 1. The monoisotopic (exact) mass is 327 g/mol. The van der Waals surface area contributed by atoms with Gasteiger partial charge in [-0.3, -0.25) is 9.36 Å². The number of likely N-dealkylation sites (N-methyl/N-ethyl adjacent to an activating group) is 1. The van der Waals surface area contributed by atoms with E-state index in [1.165, 1.54) is 0 Å². The molecule has 0 aliphatic carbocycles. The first-order valence-electron chi connectivity index (χ1n) is 8.32. The van der Waals surface area contributed by atoms with E-state index in [2.05, 4.69) is 22.9 Å². The molecule has 1 aromatic heterocycles. The molecule has 2 aromatic rings. The van der Waals surface area contributed by atoms with E-state index in [4.69, 9.17) is 4.74 Å². The molecule has 5 nitrogen and oxygen atoms in total. The van der Waals surface area contributed by atoms with E-state index in [0.29, 0.717) is 0 Å². The number of ether oxygens (including phenoxy) is 1. The lowest BCUT2D eigenvalue weighted by Gasteiger charge is -2.35. The van der Waals surface area contributed by atoms with Crippen LogP contribution in [0.5, 0.6) is 5.75 Å². The SMILES string of the molecule is COc1ccc(-n2c(C)cc(N3CCN(C)CC3)c(C)c2=O)cc1. The Bertz CT molecular complexity index is 772. The summed E-state index contributed by atoms with van der Waals surface area (Å²) in [5.74, 6) is 0.787. The predicted octanol–water partition coefficient (Wildman–Crippen LogP) is 2.21. The molecule has 1 aliphatic rings. The molecule has 24 heavy (non-hydrogen) atoms. The summed E-state index contributed by atoms with van der Waals surface area (Å²) in [5, 5.41) is 0. The molecule has 0 atom stereocenters. The van der Waals surface area contributed by atoms with E-state index in [-0.39, 0.29) is 5.56 Å². The zero-order chi connectivity index (χ0) is 17.3. The largest absolute Gasteiger partial charge is 0.497 e. The van der Waals surface area contributed by atoms with Crippen LogP contribution in [-0.2, 0) is 0 Å². The summed E-state index contributed by atoms with van der Waals surface area (Å²) in [6.07, 6.45) is 0. The Kier molecular flexibility index (Phi) is 4.62. The zero-order valence-corrected chi connectivity index (χ0v) is 14.9. The number of anilines is 1. The van der Waals surface area contributed by atoms with Gasteiger partial charge in [-0.15, -0.1) is 0 Å². The molecular weight excluding hydrogens is 302 g/mol. The van der Waals surface area contributed by atoms with Gasteiger partial charge in [0, 0.05) is 48.8 Å². The molecule has 1 aromatic carbocycles. The van der Waals surface area contributed by atoms with E-state index < -0.39 is 0 Å². The van der Waals surface area contributed by atoms with Crippen LogP contribution in [0.1, 0.15) is 11.3 Å². The number of methoxy groups -OCH3 is 1. The lowest BCUT2D eigenvalue weighted by molar-refractivity contribution is 0.312. The summed E-state index contributed by atoms with van der Waals surface area (Å²) in [7, 11) is 3.78. The molecule has 1 fully saturated rings. The number of rotatable bonds is 3. The van der Waals surface area contributed by atoms with Crippen LogP contribution in [0, 0.1) is 13.8 Å². The van der Waals surface area contributed by atoms with Crippen LogP contribution >= 0.6 is 0 Å². The zero-order valence-electron chi connectivity index (χ0n) is 14.9. The van der Waals surface area contributed by atoms with Crippen molar-refractivity contribution >= 4 is 5.69 Å². The van der Waals surface area contributed by atoms with Gasteiger partial charge in [-0.05, 0) is 51.2 Å². The van der Waals surface area contributed by atoms with Crippen LogP contribution in [0.4, 0.5) is 5.69 Å². The van der Waals surface area contributed by atoms with Gasteiger partial charge in [0.05, 0.1) is 7.11 Å². The van der Waals surface area contributed by atoms with E-state index in [1.54, 1.807) is 11.7 Å². The van der Waals surface area contributed by atoms with Crippen LogP contribution < -0.4 is 15.2 Å². The smallest absolute Gasteiger partial charge is 0.260 e. The number of hydrogen-bond acceptors (Lipinski definition) is 4. The molecule has 1 aliphatic heterocycles. The number of benzene rings is 1. The highest BCUT2D eigenvalue weighted by Gasteiger charge is 2.19. The van der Waals surface area contributed by atoms with Gasteiger partial charge in [-0.1, -0.05) is 0 Å². The summed E-state index contributed by atoms with van der Waals surface area (Å²) in [4.78, 5) is 17.6. The third-order valence-electron chi connectivity index (χ3n) is 4.78. The van der Waals surface area contributed by atoms with Crippen molar-refractivity contribution in [2.75, 3.05) is 45.2 Å². The average Bonchev–Trinajstić information content (AvgIpc) is 2.60. The van der Waals surface area contributed by atoms with Crippen molar-refractivity contribution in [2.24, 2.45) is 0 Å². The molecule has 0 saturated carbocycles. The number of aryl methyl sites for hydroxylation is 1. The molecule has 1 saturated heterocycles.